The Labute approximate surface area is 62.0 Å². The van der Waals surface area contributed by atoms with Crippen LogP contribution in [0.3, 0.4) is 0 Å². The molecule has 1 aliphatic carbocycles. The van der Waals surface area contributed by atoms with E-state index < -0.39 is 0 Å². The van der Waals surface area contributed by atoms with Crippen molar-refractivity contribution in [2.24, 2.45) is 17.0 Å². The van der Waals surface area contributed by atoms with Crippen LogP contribution in [0.5, 0.6) is 0 Å². The van der Waals surface area contributed by atoms with E-state index in [1.807, 2.05) is 0 Å². The smallest absolute Gasteiger partial charge is 0.0922 e. The minimum atomic E-state index is 0.132. The second-order valence-electron chi connectivity index (χ2n) is 3.58. The summed E-state index contributed by atoms with van der Waals surface area (Å²) in [5.41, 5.74) is 0. The molecule has 0 N–H and O–H groups in total. The highest BCUT2D eigenvalue weighted by Gasteiger charge is 2.26. The molecule has 0 aromatic rings. The van der Waals surface area contributed by atoms with E-state index in [2.05, 4.69) is 19.0 Å². The topological polar surface area (TPSA) is 29.4 Å². The van der Waals surface area contributed by atoms with Gasteiger partial charge in [-0.15, -0.1) is 0 Å². The van der Waals surface area contributed by atoms with Gasteiger partial charge >= 0.3 is 0 Å². The van der Waals surface area contributed by atoms with Gasteiger partial charge in [0, 0.05) is 0 Å². The fourth-order valence-corrected chi connectivity index (χ4v) is 1.69. The zero-order valence-electron chi connectivity index (χ0n) is 6.71. The summed E-state index contributed by atoms with van der Waals surface area (Å²) < 4.78 is 0. The summed E-state index contributed by atoms with van der Waals surface area (Å²) in [5.74, 6) is 1.48. The number of hydrogen-bond acceptors (Lipinski definition) is 2. The maximum absolute atomic E-state index is 10.1. The van der Waals surface area contributed by atoms with Gasteiger partial charge in [-0.05, 0) is 31.1 Å². The van der Waals surface area contributed by atoms with Gasteiger partial charge in [-0.25, -0.2) is 0 Å². The van der Waals surface area contributed by atoms with Gasteiger partial charge in [0.1, 0.15) is 0 Å². The second kappa shape index (κ2) is 3.13. The maximum Gasteiger partial charge on any atom is 0.0922 e. The molecular formula is C8H15NO. The molecule has 0 spiro atoms. The molecule has 0 heterocycles. The van der Waals surface area contributed by atoms with E-state index in [0.29, 0.717) is 0 Å². The first kappa shape index (κ1) is 7.70. The lowest BCUT2D eigenvalue weighted by atomic mass is 9.94. The highest BCUT2D eigenvalue weighted by Crippen LogP contribution is 2.32. The number of rotatable bonds is 2. The van der Waals surface area contributed by atoms with Crippen molar-refractivity contribution in [3.63, 3.8) is 0 Å². The van der Waals surface area contributed by atoms with Gasteiger partial charge < -0.3 is 0 Å². The van der Waals surface area contributed by atoms with Crippen LogP contribution >= 0.6 is 0 Å². The molecule has 10 heavy (non-hydrogen) atoms. The normalized spacial score (nSPS) is 33.1. The van der Waals surface area contributed by atoms with Gasteiger partial charge in [0.25, 0.3) is 0 Å². The third kappa shape index (κ3) is 1.55. The molecule has 0 bridgehead atoms. The molecule has 2 atom stereocenters. The Morgan fingerprint density at radius 3 is 2.40 bits per heavy atom. The third-order valence-corrected chi connectivity index (χ3v) is 2.54. The Kier molecular flexibility index (Phi) is 2.41. The fourth-order valence-electron chi connectivity index (χ4n) is 1.69. The molecule has 1 rings (SSSR count). The van der Waals surface area contributed by atoms with Crippen LogP contribution in [0.1, 0.15) is 33.1 Å². The van der Waals surface area contributed by atoms with Crippen LogP contribution in [0.15, 0.2) is 5.18 Å². The molecule has 0 saturated heterocycles. The molecule has 58 valence electrons. The van der Waals surface area contributed by atoms with Gasteiger partial charge in [-0.3, -0.25) is 0 Å². The Balaban J connectivity index is 2.35. The van der Waals surface area contributed by atoms with Crippen molar-refractivity contribution in [2.75, 3.05) is 0 Å². The van der Waals surface area contributed by atoms with Gasteiger partial charge in [0.2, 0.25) is 0 Å². The van der Waals surface area contributed by atoms with Crippen molar-refractivity contribution in [3.05, 3.63) is 4.91 Å². The molecule has 0 aromatic carbocycles. The average molecular weight is 141 g/mol. The van der Waals surface area contributed by atoms with Crippen molar-refractivity contribution < 1.29 is 0 Å². The van der Waals surface area contributed by atoms with E-state index in [4.69, 9.17) is 0 Å². The molecule has 1 aliphatic rings. The first-order chi connectivity index (χ1) is 4.74. The van der Waals surface area contributed by atoms with Crippen molar-refractivity contribution in [3.8, 4) is 0 Å². The summed E-state index contributed by atoms with van der Waals surface area (Å²) in [6.07, 6.45) is 3.25. The largest absolute Gasteiger partial charge is 0.151 e. The van der Waals surface area contributed by atoms with E-state index in [1.54, 1.807) is 0 Å². The predicted molar refractivity (Wildman–Crippen MR) is 41.8 cm³/mol. The van der Waals surface area contributed by atoms with Crippen LogP contribution in [-0.4, -0.2) is 6.04 Å². The monoisotopic (exact) mass is 141 g/mol. The Hall–Kier alpha value is -0.400. The summed E-state index contributed by atoms with van der Waals surface area (Å²) in [6, 6.07) is 0.132. The van der Waals surface area contributed by atoms with Gasteiger partial charge in [-0.2, -0.15) is 4.91 Å². The van der Waals surface area contributed by atoms with Crippen LogP contribution < -0.4 is 0 Å². The van der Waals surface area contributed by atoms with Gasteiger partial charge in [-0.1, -0.05) is 19.0 Å². The van der Waals surface area contributed by atoms with Crippen LogP contribution in [0.2, 0.25) is 0 Å². The molecule has 0 aliphatic heterocycles. The average Bonchev–Trinajstić information content (AvgIpc) is 2.34. The SMILES string of the molecule is CC(C)C1CCC(N=O)C1. The van der Waals surface area contributed by atoms with Crippen LogP contribution in [0.25, 0.3) is 0 Å². The highest BCUT2D eigenvalue weighted by atomic mass is 16.3. The summed E-state index contributed by atoms with van der Waals surface area (Å²) in [4.78, 5) is 10.1. The molecular weight excluding hydrogens is 126 g/mol. The quantitative estimate of drug-likeness (QED) is 0.543. The molecule has 2 heteroatoms. The third-order valence-electron chi connectivity index (χ3n) is 2.54. The summed E-state index contributed by atoms with van der Waals surface area (Å²) in [7, 11) is 0. The van der Waals surface area contributed by atoms with Crippen LogP contribution in [0.4, 0.5) is 0 Å². The zero-order chi connectivity index (χ0) is 7.56. The standard InChI is InChI=1S/C8H15NO/c1-6(2)7-3-4-8(5-7)9-10/h6-8H,3-5H2,1-2H3. The minimum Gasteiger partial charge on any atom is -0.151 e. The van der Waals surface area contributed by atoms with Crippen LogP contribution in [-0.2, 0) is 0 Å². The zero-order valence-corrected chi connectivity index (χ0v) is 6.71. The number of nitrogens with zero attached hydrogens (tertiary/aromatic N) is 1. The van der Waals surface area contributed by atoms with Crippen molar-refractivity contribution in [1.29, 1.82) is 0 Å². The minimum absolute atomic E-state index is 0.132. The summed E-state index contributed by atoms with van der Waals surface area (Å²) in [5, 5.41) is 3.07. The lowest BCUT2D eigenvalue weighted by Gasteiger charge is -2.11. The number of nitroso groups, excluding NO2 is 1. The van der Waals surface area contributed by atoms with Crippen molar-refractivity contribution in [2.45, 2.75) is 39.2 Å². The van der Waals surface area contributed by atoms with E-state index >= 15 is 0 Å². The van der Waals surface area contributed by atoms with Crippen molar-refractivity contribution >= 4 is 0 Å². The first-order valence-electron chi connectivity index (χ1n) is 4.06. The molecule has 1 saturated carbocycles. The van der Waals surface area contributed by atoms with E-state index in [9.17, 15) is 4.91 Å². The molecule has 0 amide bonds. The molecule has 2 nitrogen and oxygen atoms in total. The Morgan fingerprint density at radius 2 is 2.10 bits per heavy atom. The first-order valence-corrected chi connectivity index (χ1v) is 4.06. The summed E-state index contributed by atoms with van der Waals surface area (Å²) in [6.45, 7) is 4.44. The molecule has 2 unspecified atom stereocenters. The van der Waals surface area contributed by atoms with E-state index in [-0.39, 0.29) is 6.04 Å². The molecule has 0 aromatic heterocycles. The lowest BCUT2D eigenvalue weighted by molar-refractivity contribution is 0.391. The maximum atomic E-state index is 10.1. The summed E-state index contributed by atoms with van der Waals surface area (Å²) >= 11 is 0. The highest BCUT2D eigenvalue weighted by molar-refractivity contribution is 4.81. The van der Waals surface area contributed by atoms with Crippen LogP contribution in [0, 0.1) is 16.7 Å². The number of hydrogen-bond donors (Lipinski definition) is 0. The fraction of sp³-hybridized carbons (Fsp3) is 1.00. The van der Waals surface area contributed by atoms with Gasteiger partial charge in [0.05, 0.1) is 6.04 Å². The Morgan fingerprint density at radius 1 is 1.40 bits per heavy atom. The molecule has 0 radical (unpaired) electrons. The van der Waals surface area contributed by atoms with Crippen molar-refractivity contribution in [1.82, 2.24) is 0 Å². The van der Waals surface area contributed by atoms with E-state index in [1.165, 1.54) is 6.42 Å². The second-order valence-corrected chi connectivity index (χ2v) is 3.58. The Bertz CT molecular complexity index is 122. The predicted octanol–water partition coefficient (Wildman–Crippen LogP) is 2.58. The van der Waals surface area contributed by atoms with E-state index in [0.717, 1.165) is 24.7 Å². The van der Waals surface area contributed by atoms with Gasteiger partial charge in [0.15, 0.2) is 0 Å². The lowest BCUT2D eigenvalue weighted by Crippen LogP contribution is -2.04. The molecule has 1 fully saturated rings.